The number of carboxylic acids is 1. The van der Waals surface area contributed by atoms with E-state index in [9.17, 15) is 9.59 Å². The van der Waals surface area contributed by atoms with E-state index in [2.05, 4.69) is 0 Å². The Bertz CT molecular complexity index is 685. The molecule has 112 valence electrons. The molecule has 2 rings (SSSR count). The first-order valence-corrected chi connectivity index (χ1v) is 6.72. The Labute approximate surface area is 122 Å². The fourth-order valence-electron chi connectivity index (χ4n) is 1.97. The van der Waals surface area contributed by atoms with Gasteiger partial charge in [0.1, 0.15) is 12.4 Å². The number of aromatic nitrogens is 2. The van der Waals surface area contributed by atoms with E-state index in [1.165, 1.54) is 12.1 Å². The number of nitrogens with zero attached hydrogens (tertiary/aromatic N) is 2. The van der Waals surface area contributed by atoms with Crippen LogP contribution in [-0.2, 0) is 6.54 Å². The lowest BCUT2D eigenvalue weighted by Crippen LogP contribution is -2.26. The van der Waals surface area contributed by atoms with Crippen LogP contribution in [0.15, 0.2) is 41.5 Å². The van der Waals surface area contributed by atoms with Gasteiger partial charge in [0.2, 0.25) is 0 Å². The van der Waals surface area contributed by atoms with Crippen molar-refractivity contribution in [1.82, 2.24) is 9.13 Å². The summed E-state index contributed by atoms with van der Waals surface area (Å²) in [4.78, 5) is 22.8. The number of rotatable bonds is 6. The highest BCUT2D eigenvalue weighted by atomic mass is 16.5. The van der Waals surface area contributed by atoms with E-state index < -0.39 is 5.97 Å². The van der Waals surface area contributed by atoms with Crippen LogP contribution in [0.25, 0.3) is 0 Å². The van der Waals surface area contributed by atoms with Crippen LogP contribution in [-0.4, -0.2) is 26.8 Å². The van der Waals surface area contributed by atoms with Crippen molar-refractivity contribution in [3.63, 3.8) is 0 Å². The van der Waals surface area contributed by atoms with Gasteiger partial charge in [0, 0.05) is 18.4 Å². The van der Waals surface area contributed by atoms with Gasteiger partial charge in [-0.1, -0.05) is 6.07 Å². The molecule has 1 aromatic carbocycles. The second kappa shape index (κ2) is 6.30. The van der Waals surface area contributed by atoms with Crippen LogP contribution >= 0.6 is 0 Å². The first-order valence-electron chi connectivity index (χ1n) is 6.72. The number of hydrogen-bond donors (Lipinski definition) is 1. The van der Waals surface area contributed by atoms with Gasteiger partial charge in [-0.15, -0.1) is 0 Å². The minimum Gasteiger partial charge on any atom is -0.492 e. The third kappa shape index (κ3) is 3.53. The lowest BCUT2D eigenvalue weighted by atomic mass is 10.2. The summed E-state index contributed by atoms with van der Waals surface area (Å²) in [5.74, 6) is -0.517. The normalized spacial score (nSPS) is 10.8. The van der Waals surface area contributed by atoms with Crippen LogP contribution in [0.3, 0.4) is 0 Å². The van der Waals surface area contributed by atoms with E-state index in [0.717, 1.165) is 0 Å². The van der Waals surface area contributed by atoms with Gasteiger partial charge >= 0.3 is 11.7 Å². The largest absolute Gasteiger partial charge is 0.492 e. The molecule has 0 fully saturated rings. The number of benzene rings is 1. The van der Waals surface area contributed by atoms with Crippen LogP contribution in [0.4, 0.5) is 0 Å². The number of aromatic carboxylic acids is 1. The van der Waals surface area contributed by atoms with E-state index >= 15 is 0 Å². The summed E-state index contributed by atoms with van der Waals surface area (Å²) < 4.78 is 8.71. The molecule has 0 saturated heterocycles. The second-order valence-corrected chi connectivity index (χ2v) is 4.96. The molecule has 6 nitrogen and oxygen atoms in total. The van der Waals surface area contributed by atoms with Crippen molar-refractivity contribution in [1.29, 1.82) is 0 Å². The first-order chi connectivity index (χ1) is 9.99. The maximum absolute atomic E-state index is 12.0. The number of carbonyl (C=O) groups is 1. The van der Waals surface area contributed by atoms with Crippen molar-refractivity contribution < 1.29 is 14.6 Å². The number of hydrogen-bond acceptors (Lipinski definition) is 3. The molecule has 2 aromatic rings. The van der Waals surface area contributed by atoms with Crippen LogP contribution in [0.2, 0.25) is 0 Å². The Morgan fingerprint density at radius 2 is 2.10 bits per heavy atom. The highest BCUT2D eigenvalue weighted by molar-refractivity contribution is 5.87. The molecule has 0 aliphatic heterocycles. The average molecular weight is 290 g/mol. The van der Waals surface area contributed by atoms with E-state index in [0.29, 0.717) is 18.9 Å². The summed E-state index contributed by atoms with van der Waals surface area (Å²) in [7, 11) is 0. The Hall–Kier alpha value is -2.50. The fourth-order valence-corrected chi connectivity index (χ4v) is 1.97. The van der Waals surface area contributed by atoms with E-state index in [1.54, 1.807) is 33.7 Å². The molecule has 0 saturated carbocycles. The van der Waals surface area contributed by atoms with Gasteiger partial charge in [0.05, 0.1) is 12.1 Å². The molecule has 0 aliphatic rings. The predicted octanol–water partition coefficient (Wildman–Crippen LogP) is 2.01. The zero-order valence-electron chi connectivity index (χ0n) is 12.0. The molecule has 0 amide bonds. The summed E-state index contributed by atoms with van der Waals surface area (Å²) in [5.41, 5.74) is 0.100. The molecule has 6 heteroatoms. The van der Waals surface area contributed by atoms with Crippen molar-refractivity contribution in [3.8, 4) is 5.75 Å². The van der Waals surface area contributed by atoms with Crippen LogP contribution in [0, 0.1) is 0 Å². The van der Waals surface area contributed by atoms with Crippen molar-refractivity contribution >= 4 is 5.97 Å². The molecule has 0 atom stereocenters. The smallest absolute Gasteiger partial charge is 0.335 e. The third-order valence-electron chi connectivity index (χ3n) is 3.11. The zero-order chi connectivity index (χ0) is 15.4. The monoisotopic (exact) mass is 290 g/mol. The minimum absolute atomic E-state index is 0.0760. The summed E-state index contributed by atoms with van der Waals surface area (Å²) >= 11 is 0. The SMILES string of the molecule is CC(C)n1ccn(CCOc2cccc(C(=O)O)c2)c1=O. The molecule has 0 aliphatic carbocycles. The Balaban J connectivity index is 1.97. The molecule has 1 N–H and O–H groups in total. The molecule has 21 heavy (non-hydrogen) atoms. The topological polar surface area (TPSA) is 73.5 Å². The quantitative estimate of drug-likeness (QED) is 0.883. The molecule has 0 unspecified atom stereocenters. The van der Waals surface area contributed by atoms with Gasteiger partial charge in [0.15, 0.2) is 0 Å². The lowest BCUT2D eigenvalue weighted by molar-refractivity contribution is 0.0696. The van der Waals surface area contributed by atoms with Crippen LogP contribution < -0.4 is 10.4 Å². The van der Waals surface area contributed by atoms with Gasteiger partial charge in [-0.05, 0) is 32.0 Å². The molecule has 0 spiro atoms. The van der Waals surface area contributed by atoms with Gasteiger partial charge in [0.25, 0.3) is 0 Å². The van der Waals surface area contributed by atoms with Crippen molar-refractivity contribution in [3.05, 3.63) is 52.7 Å². The molecular formula is C15H18N2O4. The van der Waals surface area contributed by atoms with Crippen LogP contribution in [0.5, 0.6) is 5.75 Å². The summed E-state index contributed by atoms with van der Waals surface area (Å²) in [5, 5.41) is 8.90. The molecule has 1 heterocycles. The molecular weight excluding hydrogens is 272 g/mol. The van der Waals surface area contributed by atoms with Gasteiger partial charge in [-0.3, -0.25) is 9.13 Å². The zero-order valence-corrected chi connectivity index (χ0v) is 12.0. The summed E-state index contributed by atoms with van der Waals surface area (Å²) in [6, 6.07) is 6.40. The predicted molar refractivity (Wildman–Crippen MR) is 78.0 cm³/mol. The number of imidazole rings is 1. The van der Waals surface area contributed by atoms with Crippen LogP contribution in [0.1, 0.15) is 30.2 Å². The second-order valence-electron chi connectivity index (χ2n) is 4.96. The van der Waals surface area contributed by atoms with E-state index in [-0.39, 0.29) is 17.3 Å². The fraction of sp³-hybridized carbons (Fsp3) is 0.333. The van der Waals surface area contributed by atoms with Crippen molar-refractivity contribution in [2.24, 2.45) is 0 Å². The lowest BCUT2D eigenvalue weighted by Gasteiger charge is -2.07. The highest BCUT2D eigenvalue weighted by Gasteiger charge is 2.07. The summed E-state index contributed by atoms with van der Waals surface area (Å²) in [6.07, 6.45) is 3.47. The Morgan fingerprint density at radius 1 is 1.33 bits per heavy atom. The molecule has 1 aromatic heterocycles. The molecule has 0 bridgehead atoms. The van der Waals surface area contributed by atoms with E-state index in [4.69, 9.17) is 9.84 Å². The number of ether oxygens (including phenoxy) is 1. The maximum Gasteiger partial charge on any atom is 0.335 e. The highest BCUT2D eigenvalue weighted by Crippen LogP contribution is 2.13. The minimum atomic E-state index is -0.995. The standard InChI is InChI=1S/C15H18N2O4/c1-11(2)17-7-6-16(15(17)20)8-9-21-13-5-3-4-12(10-13)14(18)19/h3-7,10-11H,8-9H2,1-2H3,(H,18,19). The average Bonchev–Trinajstić information content (AvgIpc) is 2.81. The number of carboxylic acid groups (broad SMARTS) is 1. The Kier molecular flexibility index (Phi) is 4.47. The first kappa shape index (κ1) is 14.9. The van der Waals surface area contributed by atoms with Gasteiger partial charge in [-0.2, -0.15) is 0 Å². The Morgan fingerprint density at radius 3 is 2.71 bits per heavy atom. The van der Waals surface area contributed by atoms with Gasteiger partial charge in [-0.25, -0.2) is 9.59 Å². The van der Waals surface area contributed by atoms with Crippen molar-refractivity contribution in [2.45, 2.75) is 26.4 Å². The summed E-state index contributed by atoms with van der Waals surface area (Å²) in [6.45, 7) is 4.60. The molecule has 0 radical (unpaired) electrons. The van der Waals surface area contributed by atoms with Crippen molar-refractivity contribution in [2.75, 3.05) is 6.61 Å². The maximum atomic E-state index is 12.0. The van der Waals surface area contributed by atoms with Gasteiger partial charge < -0.3 is 9.84 Å². The van der Waals surface area contributed by atoms with E-state index in [1.807, 2.05) is 13.8 Å². The third-order valence-corrected chi connectivity index (χ3v) is 3.11.